The molecule has 0 aliphatic heterocycles. The van der Waals surface area contributed by atoms with Crippen LogP contribution in [0.3, 0.4) is 0 Å². The molecule has 0 aromatic heterocycles. The highest BCUT2D eigenvalue weighted by Gasteiger charge is 2.22. The molecule has 0 radical (unpaired) electrons. The van der Waals surface area contributed by atoms with Crippen LogP contribution in [0.4, 0.5) is 5.69 Å². The molecule has 106 valence electrons. The van der Waals surface area contributed by atoms with E-state index in [4.69, 9.17) is 33.4 Å². The zero-order valence-electron chi connectivity index (χ0n) is 10.4. The summed E-state index contributed by atoms with van der Waals surface area (Å²) in [5, 5.41) is 24.2. The van der Waals surface area contributed by atoms with Crippen molar-refractivity contribution in [3.05, 3.63) is 28.2 Å². The van der Waals surface area contributed by atoms with Crippen molar-refractivity contribution in [1.29, 1.82) is 0 Å². The lowest BCUT2D eigenvalue weighted by Crippen LogP contribution is -2.51. The number of aliphatic hydroxyl groups is 2. The van der Waals surface area contributed by atoms with Crippen molar-refractivity contribution in [3.8, 4) is 0 Å². The first-order valence-electron chi connectivity index (χ1n) is 5.62. The van der Waals surface area contributed by atoms with E-state index in [9.17, 15) is 4.79 Å². The molecule has 1 rings (SSSR count). The molecule has 0 aliphatic rings. The van der Waals surface area contributed by atoms with E-state index in [2.05, 4.69) is 10.6 Å². The van der Waals surface area contributed by atoms with Gasteiger partial charge in [0.25, 0.3) is 0 Å². The van der Waals surface area contributed by atoms with Crippen LogP contribution in [0.25, 0.3) is 0 Å². The van der Waals surface area contributed by atoms with E-state index >= 15 is 0 Å². The second-order valence-electron chi connectivity index (χ2n) is 4.38. The van der Waals surface area contributed by atoms with Crippen molar-refractivity contribution < 1.29 is 15.0 Å². The molecule has 0 saturated carbocycles. The predicted molar refractivity (Wildman–Crippen MR) is 75.7 cm³/mol. The van der Waals surface area contributed by atoms with Gasteiger partial charge in [0, 0.05) is 0 Å². The molecule has 0 heterocycles. The van der Waals surface area contributed by atoms with Gasteiger partial charge in [0.2, 0.25) is 5.91 Å². The number of benzene rings is 1. The Morgan fingerprint density at radius 3 is 2.26 bits per heavy atom. The molecular formula is C12H16Cl2N2O3. The molecule has 7 heteroatoms. The third-order valence-electron chi connectivity index (χ3n) is 2.60. The Kier molecular flexibility index (Phi) is 6.03. The Balaban J connectivity index is 2.61. The van der Waals surface area contributed by atoms with Crippen LogP contribution < -0.4 is 10.6 Å². The lowest BCUT2D eigenvalue weighted by molar-refractivity contribution is -0.115. The van der Waals surface area contributed by atoms with Gasteiger partial charge in [0.05, 0.1) is 41.0 Å². The summed E-state index contributed by atoms with van der Waals surface area (Å²) < 4.78 is 0. The summed E-state index contributed by atoms with van der Waals surface area (Å²) in [6, 6.07) is 4.90. The van der Waals surface area contributed by atoms with Gasteiger partial charge in [-0.05, 0) is 19.1 Å². The lowest BCUT2D eigenvalue weighted by Gasteiger charge is -2.25. The van der Waals surface area contributed by atoms with Gasteiger partial charge in [-0.1, -0.05) is 29.3 Å². The molecule has 19 heavy (non-hydrogen) atoms. The number of hydrogen-bond acceptors (Lipinski definition) is 4. The fourth-order valence-corrected chi connectivity index (χ4v) is 1.75. The zero-order valence-corrected chi connectivity index (χ0v) is 11.9. The molecule has 0 atom stereocenters. The van der Waals surface area contributed by atoms with E-state index in [1.54, 1.807) is 25.1 Å². The highest BCUT2D eigenvalue weighted by atomic mass is 35.5. The number of rotatable bonds is 6. The number of hydrogen-bond donors (Lipinski definition) is 4. The standard InChI is InChI=1S/C12H16Cl2N2O3/c1-12(6-17,7-18)15-5-10(19)16-11-8(13)3-2-4-9(11)14/h2-4,15,17-18H,5-7H2,1H3,(H,16,19). The Hall–Kier alpha value is -0.850. The van der Waals surface area contributed by atoms with E-state index < -0.39 is 5.54 Å². The summed E-state index contributed by atoms with van der Waals surface area (Å²) >= 11 is 11.8. The van der Waals surface area contributed by atoms with E-state index in [-0.39, 0.29) is 25.7 Å². The Bertz CT molecular complexity index is 430. The number of carbonyl (C=O) groups is 1. The quantitative estimate of drug-likeness (QED) is 0.638. The number of anilines is 1. The van der Waals surface area contributed by atoms with Crippen LogP contribution in [0.2, 0.25) is 10.0 Å². The van der Waals surface area contributed by atoms with Gasteiger partial charge in [-0.25, -0.2) is 0 Å². The largest absolute Gasteiger partial charge is 0.394 e. The fraction of sp³-hybridized carbons (Fsp3) is 0.417. The normalized spacial score (nSPS) is 11.4. The average Bonchev–Trinajstić information content (AvgIpc) is 2.40. The van der Waals surface area contributed by atoms with Crippen molar-refractivity contribution in [2.75, 3.05) is 25.1 Å². The summed E-state index contributed by atoms with van der Waals surface area (Å²) in [4.78, 5) is 11.7. The van der Waals surface area contributed by atoms with Crippen molar-refractivity contribution in [1.82, 2.24) is 5.32 Å². The molecule has 1 aromatic rings. The Morgan fingerprint density at radius 2 is 1.79 bits per heavy atom. The molecule has 5 nitrogen and oxygen atoms in total. The monoisotopic (exact) mass is 306 g/mol. The first kappa shape index (κ1) is 16.2. The van der Waals surface area contributed by atoms with E-state index in [0.717, 1.165) is 0 Å². The Labute approximate surface area is 121 Å². The van der Waals surface area contributed by atoms with Crippen LogP contribution in [0.1, 0.15) is 6.92 Å². The van der Waals surface area contributed by atoms with E-state index in [1.807, 2.05) is 0 Å². The highest BCUT2D eigenvalue weighted by molar-refractivity contribution is 6.39. The van der Waals surface area contributed by atoms with Gasteiger partial charge in [-0.15, -0.1) is 0 Å². The van der Waals surface area contributed by atoms with E-state index in [0.29, 0.717) is 15.7 Å². The summed E-state index contributed by atoms with van der Waals surface area (Å²) in [6.07, 6.45) is 0. The van der Waals surface area contributed by atoms with E-state index in [1.165, 1.54) is 0 Å². The van der Waals surface area contributed by atoms with Crippen LogP contribution in [-0.4, -0.2) is 41.4 Å². The second kappa shape index (κ2) is 7.07. The SMILES string of the molecule is CC(CO)(CO)NCC(=O)Nc1c(Cl)cccc1Cl. The third kappa shape index (κ3) is 4.63. The molecule has 0 saturated heterocycles. The molecule has 4 N–H and O–H groups in total. The maximum absolute atomic E-state index is 11.7. The van der Waals surface area contributed by atoms with Crippen molar-refractivity contribution in [2.45, 2.75) is 12.5 Å². The molecule has 0 spiro atoms. The topological polar surface area (TPSA) is 81.6 Å². The summed E-state index contributed by atoms with van der Waals surface area (Å²) in [7, 11) is 0. The minimum absolute atomic E-state index is 0.0842. The maximum atomic E-state index is 11.7. The molecule has 0 bridgehead atoms. The third-order valence-corrected chi connectivity index (χ3v) is 3.23. The number of nitrogens with one attached hydrogen (secondary N) is 2. The molecular weight excluding hydrogens is 291 g/mol. The number of para-hydroxylation sites is 1. The molecule has 1 aromatic carbocycles. The van der Waals surface area contributed by atoms with Crippen LogP contribution in [0.5, 0.6) is 0 Å². The maximum Gasteiger partial charge on any atom is 0.238 e. The van der Waals surface area contributed by atoms with Crippen LogP contribution >= 0.6 is 23.2 Å². The number of halogens is 2. The van der Waals surface area contributed by atoms with Crippen LogP contribution in [0, 0.1) is 0 Å². The number of aliphatic hydroxyl groups excluding tert-OH is 2. The molecule has 0 unspecified atom stereocenters. The Morgan fingerprint density at radius 1 is 1.26 bits per heavy atom. The highest BCUT2D eigenvalue weighted by Crippen LogP contribution is 2.29. The average molecular weight is 307 g/mol. The lowest BCUT2D eigenvalue weighted by atomic mass is 10.1. The van der Waals surface area contributed by atoms with Gasteiger partial charge in [-0.3, -0.25) is 10.1 Å². The summed E-state index contributed by atoms with van der Waals surface area (Å²) in [5.41, 5.74) is -0.575. The second-order valence-corrected chi connectivity index (χ2v) is 5.19. The molecule has 0 aliphatic carbocycles. The number of amides is 1. The first-order chi connectivity index (χ1) is 8.91. The summed E-state index contributed by atoms with van der Waals surface area (Å²) in [5.74, 6) is -0.372. The van der Waals surface area contributed by atoms with Crippen molar-refractivity contribution >= 4 is 34.8 Å². The van der Waals surface area contributed by atoms with Crippen molar-refractivity contribution in [3.63, 3.8) is 0 Å². The first-order valence-corrected chi connectivity index (χ1v) is 6.38. The zero-order chi connectivity index (χ0) is 14.5. The van der Waals surface area contributed by atoms with Crippen LogP contribution in [-0.2, 0) is 4.79 Å². The smallest absolute Gasteiger partial charge is 0.238 e. The fourth-order valence-electron chi connectivity index (χ4n) is 1.26. The van der Waals surface area contributed by atoms with Crippen molar-refractivity contribution in [2.24, 2.45) is 0 Å². The van der Waals surface area contributed by atoms with Crippen LogP contribution in [0.15, 0.2) is 18.2 Å². The minimum atomic E-state index is -0.915. The summed E-state index contributed by atoms with van der Waals surface area (Å²) in [6.45, 7) is 0.940. The van der Waals surface area contributed by atoms with Gasteiger partial charge in [-0.2, -0.15) is 0 Å². The van der Waals surface area contributed by atoms with Gasteiger partial charge in [0.15, 0.2) is 0 Å². The minimum Gasteiger partial charge on any atom is -0.394 e. The van der Waals surface area contributed by atoms with Gasteiger partial charge in [0.1, 0.15) is 0 Å². The predicted octanol–water partition coefficient (Wildman–Crippen LogP) is 1.26. The van der Waals surface area contributed by atoms with Gasteiger partial charge >= 0.3 is 0 Å². The number of carbonyl (C=O) groups excluding carboxylic acids is 1. The van der Waals surface area contributed by atoms with Gasteiger partial charge < -0.3 is 15.5 Å². The molecule has 1 amide bonds. The molecule has 0 fully saturated rings.